The lowest BCUT2D eigenvalue weighted by Gasteiger charge is -2.32. The predicted molar refractivity (Wildman–Crippen MR) is 77.9 cm³/mol. The summed E-state index contributed by atoms with van der Waals surface area (Å²) in [5, 5.41) is 0. The number of nitrogens with two attached hydrogens (primary N) is 1. The van der Waals surface area contributed by atoms with Crippen molar-refractivity contribution >= 4 is 18.4 Å². The zero-order valence-corrected chi connectivity index (χ0v) is 12.5. The maximum Gasteiger partial charge on any atom is 0.495 e. The molecule has 2 fully saturated rings. The minimum Gasteiger partial charge on any atom is -0.399 e. The largest absolute Gasteiger partial charge is 0.495 e. The Balaban J connectivity index is 1.89. The monoisotopic (exact) mass is 276 g/mol. The minimum atomic E-state index is -0.398. The third kappa shape index (κ3) is 2.22. The first kappa shape index (κ1) is 13.9. The molecule has 6 heteroatoms. The van der Waals surface area contributed by atoms with Gasteiger partial charge < -0.3 is 19.8 Å². The van der Waals surface area contributed by atoms with Gasteiger partial charge in [0.1, 0.15) is 5.82 Å². The lowest BCUT2D eigenvalue weighted by molar-refractivity contribution is 0.00578. The fourth-order valence-electron chi connectivity index (χ4n) is 2.33. The zero-order valence-electron chi connectivity index (χ0n) is 12.5. The van der Waals surface area contributed by atoms with Crippen molar-refractivity contribution in [3.8, 4) is 0 Å². The Morgan fingerprint density at radius 1 is 1.15 bits per heavy atom. The number of anilines is 1. The molecular formula is C14H21BN2O3. The summed E-state index contributed by atoms with van der Waals surface area (Å²) in [5.74, 6) is 0.832. The number of pyridine rings is 1. The molecule has 0 amide bonds. The first-order chi connectivity index (χ1) is 9.28. The van der Waals surface area contributed by atoms with Crippen LogP contribution in [-0.4, -0.2) is 36.5 Å². The Morgan fingerprint density at radius 2 is 1.75 bits per heavy atom. The van der Waals surface area contributed by atoms with Crippen molar-refractivity contribution < 1.29 is 14.0 Å². The summed E-state index contributed by atoms with van der Waals surface area (Å²) in [6, 6.07) is 3.84. The van der Waals surface area contributed by atoms with Crippen LogP contribution >= 0.6 is 0 Å². The Bertz CT molecular complexity index is 513. The van der Waals surface area contributed by atoms with Crippen LogP contribution in [0.3, 0.4) is 0 Å². The summed E-state index contributed by atoms with van der Waals surface area (Å²) < 4.78 is 17.3. The number of hydrogen-bond donors (Lipinski definition) is 1. The maximum atomic E-state index is 6.05. The molecule has 2 saturated heterocycles. The summed E-state index contributed by atoms with van der Waals surface area (Å²) in [6.45, 7) is 9.57. The fraction of sp³-hybridized carbons (Fsp3) is 0.643. The predicted octanol–water partition coefficient (Wildman–Crippen LogP) is 1.08. The first-order valence-electron chi connectivity index (χ1n) is 6.99. The standard InChI is InChI=1S/C14H21BN2O3/c1-13(2)14(3,4)20-15(19-13)10-5-11(9-7-18-8-9)17-12(16)6-10/h5-6,9H,7-8H2,1-4H3,(H2,16,17). The molecule has 2 aliphatic rings. The number of aromatic nitrogens is 1. The van der Waals surface area contributed by atoms with Gasteiger partial charge in [0.2, 0.25) is 0 Å². The lowest BCUT2D eigenvalue weighted by Crippen LogP contribution is -2.41. The average Bonchev–Trinajstić information content (AvgIpc) is 2.45. The quantitative estimate of drug-likeness (QED) is 0.819. The Hall–Kier alpha value is -1.11. The zero-order chi connectivity index (χ0) is 14.5. The second-order valence-electron chi connectivity index (χ2n) is 6.57. The molecule has 0 radical (unpaired) electrons. The highest BCUT2D eigenvalue weighted by molar-refractivity contribution is 6.62. The highest BCUT2D eigenvalue weighted by Crippen LogP contribution is 2.36. The van der Waals surface area contributed by atoms with E-state index in [9.17, 15) is 0 Å². The van der Waals surface area contributed by atoms with E-state index < -0.39 is 7.12 Å². The van der Waals surface area contributed by atoms with Crippen LogP contribution in [0.15, 0.2) is 12.1 Å². The molecule has 2 aliphatic heterocycles. The van der Waals surface area contributed by atoms with Gasteiger partial charge in [-0.25, -0.2) is 4.98 Å². The van der Waals surface area contributed by atoms with Crippen LogP contribution in [0.1, 0.15) is 39.3 Å². The van der Waals surface area contributed by atoms with E-state index in [1.54, 1.807) is 0 Å². The van der Waals surface area contributed by atoms with E-state index >= 15 is 0 Å². The lowest BCUT2D eigenvalue weighted by atomic mass is 9.78. The van der Waals surface area contributed by atoms with Gasteiger partial charge in [0.15, 0.2) is 0 Å². The van der Waals surface area contributed by atoms with Gasteiger partial charge >= 0.3 is 7.12 Å². The summed E-state index contributed by atoms with van der Waals surface area (Å²) in [5.41, 5.74) is 7.10. The topological polar surface area (TPSA) is 66.6 Å². The number of nitrogens with zero attached hydrogens (tertiary/aromatic N) is 1. The van der Waals surface area contributed by atoms with Crippen molar-refractivity contribution in [3.05, 3.63) is 17.8 Å². The van der Waals surface area contributed by atoms with Gasteiger partial charge in [0.25, 0.3) is 0 Å². The molecular weight excluding hydrogens is 255 g/mol. The van der Waals surface area contributed by atoms with Gasteiger partial charge in [0.05, 0.1) is 30.1 Å². The molecule has 0 aliphatic carbocycles. The van der Waals surface area contributed by atoms with Crippen LogP contribution in [-0.2, 0) is 14.0 Å². The van der Waals surface area contributed by atoms with Gasteiger partial charge in [-0.2, -0.15) is 0 Å². The normalized spacial score (nSPS) is 24.7. The van der Waals surface area contributed by atoms with Crippen molar-refractivity contribution in [1.29, 1.82) is 0 Å². The molecule has 108 valence electrons. The van der Waals surface area contributed by atoms with E-state index in [1.807, 2.05) is 39.8 Å². The maximum absolute atomic E-state index is 6.05. The van der Waals surface area contributed by atoms with Crippen molar-refractivity contribution in [2.24, 2.45) is 0 Å². The highest BCUT2D eigenvalue weighted by Gasteiger charge is 2.51. The summed E-state index contributed by atoms with van der Waals surface area (Å²) in [4.78, 5) is 4.39. The SMILES string of the molecule is CC1(C)OB(c2cc(N)nc(C3COC3)c2)OC1(C)C. The molecule has 0 spiro atoms. The van der Waals surface area contributed by atoms with E-state index in [0.29, 0.717) is 24.9 Å². The number of ether oxygens (including phenoxy) is 1. The molecule has 1 aromatic heterocycles. The number of nitrogen functional groups attached to an aromatic ring is 1. The first-order valence-corrected chi connectivity index (χ1v) is 6.99. The highest BCUT2D eigenvalue weighted by atomic mass is 16.7. The van der Waals surface area contributed by atoms with Crippen molar-refractivity contribution in [1.82, 2.24) is 4.98 Å². The van der Waals surface area contributed by atoms with Crippen LogP contribution in [0.2, 0.25) is 0 Å². The second kappa shape index (κ2) is 4.45. The molecule has 20 heavy (non-hydrogen) atoms. The van der Waals surface area contributed by atoms with Crippen LogP contribution in [0.5, 0.6) is 0 Å². The molecule has 0 atom stereocenters. The number of hydrogen-bond acceptors (Lipinski definition) is 5. The molecule has 5 nitrogen and oxygen atoms in total. The van der Waals surface area contributed by atoms with E-state index in [4.69, 9.17) is 19.8 Å². The summed E-state index contributed by atoms with van der Waals surface area (Å²) in [6.07, 6.45) is 0. The summed E-state index contributed by atoms with van der Waals surface area (Å²) in [7, 11) is -0.398. The van der Waals surface area contributed by atoms with Crippen LogP contribution < -0.4 is 11.2 Å². The van der Waals surface area contributed by atoms with Gasteiger partial charge in [-0.05, 0) is 45.3 Å². The van der Waals surface area contributed by atoms with Crippen molar-refractivity contribution in [3.63, 3.8) is 0 Å². The van der Waals surface area contributed by atoms with Gasteiger partial charge in [-0.15, -0.1) is 0 Å². The van der Waals surface area contributed by atoms with Crippen molar-refractivity contribution in [2.45, 2.75) is 44.8 Å². The van der Waals surface area contributed by atoms with Gasteiger partial charge in [-0.1, -0.05) is 0 Å². The average molecular weight is 276 g/mol. The van der Waals surface area contributed by atoms with Gasteiger partial charge in [-0.3, -0.25) is 0 Å². The van der Waals surface area contributed by atoms with Crippen LogP contribution in [0, 0.1) is 0 Å². The van der Waals surface area contributed by atoms with E-state index in [0.717, 1.165) is 11.2 Å². The molecule has 0 aromatic carbocycles. The fourth-order valence-corrected chi connectivity index (χ4v) is 2.33. The third-order valence-corrected chi connectivity index (χ3v) is 4.47. The molecule has 0 saturated carbocycles. The molecule has 0 unspecified atom stereocenters. The molecule has 3 heterocycles. The molecule has 1 aromatic rings. The smallest absolute Gasteiger partial charge is 0.399 e. The van der Waals surface area contributed by atoms with E-state index in [1.165, 1.54) is 0 Å². The third-order valence-electron chi connectivity index (χ3n) is 4.47. The molecule has 0 bridgehead atoms. The Labute approximate surface area is 119 Å². The molecule has 3 rings (SSSR count). The van der Waals surface area contributed by atoms with E-state index in [-0.39, 0.29) is 11.2 Å². The van der Waals surface area contributed by atoms with Crippen LogP contribution in [0.4, 0.5) is 5.82 Å². The summed E-state index contributed by atoms with van der Waals surface area (Å²) >= 11 is 0. The Kier molecular flexibility index (Phi) is 3.08. The van der Waals surface area contributed by atoms with Crippen LogP contribution in [0.25, 0.3) is 0 Å². The number of rotatable bonds is 2. The minimum absolute atomic E-state index is 0.333. The molecule has 2 N–H and O–H groups in total. The van der Waals surface area contributed by atoms with Crippen molar-refractivity contribution in [2.75, 3.05) is 18.9 Å². The van der Waals surface area contributed by atoms with E-state index in [2.05, 4.69) is 4.98 Å². The second-order valence-corrected chi connectivity index (χ2v) is 6.57. The Morgan fingerprint density at radius 3 is 2.25 bits per heavy atom. The van der Waals surface area contributed by atoms with Gasteiger partial charge in [0, 0.05) is 5.92 Å².